The van der Waals surface area contributed by atoms with Gasteiger partial charge in [-0.15, -0.1) is 0 Å². The lowest BCUT2D eigenvalue weighted by molar-refractivity contribution is -0.384. The summed E-state index contributed by atoms with van der Waals surface area (Å²) in [6.07, 6.45) is 0.464. The summed E-state index contributed by atoms with van der Waals surface area (Å²) in [6, 6.07) is 12.6. The summed E-state index contributed by atoms with van der Waals surface area (Å²) in [5, 5.41) is 14.9. The maximum Gasteiger partial charge on any atom is 0.269 e. The topological polar surface area (TPSA) is 87.9 Å². The van der Waals surface area contributed by atoms with Gasteiger partial charge in [-0.05, 0) is 42.3 Å². The fourth-order valence-corrected chi connectivity index (χ4v) is 4.64. The molecular weight excluding hydrogens is 420 g/mol. The number of amides is 1. The van der Waals surface area contributed by atoms with Gasteiger partial charge in [0.05, 0.1) is 23.5 Å². The highest BCUT2D eigenvalue weighted by Gasteiger charge is 2.42. The van der Waals surface area contributed by atoms with Crippen LogP contribution in [0.4, 0.5) is 17.1 Å². The van der Waals surface area contributed by atoms with E-state index in [1.807, 2.05) is 30.3 Å². The van der Waals surface area contributed by atoms with Crippen LogP contribution in [0.2, 0.25) is 5.02 Å². The first-order valence-electron chi connectivity index (χ1n) is 10.3. The lowest BCUT2D eigenvalue weighted by Crippen LogP contribution is -2.61. The summed E-state index contributed by atoms with van der Waals surface area (Å²) in [6.45, 7) is 3.06. The van der Waals surface area contributed by atoms with Crippen LogP contribution in [0.5, 0.6) is 0 Å². The SMILES string of the molecule is COCCNC(=O)C1Cc2cc([N+](=O)[O-])ccc2N2CCN(c3ccc(Cl)cc3)CC12. The van der Waals surface area contributed by atoms with Gasteiger partial charge in [-0.1, -0.05) is 11.6 Å². The number of carbonyl (C=O) groups is 1. The Morgan fingerprint density at radius 1 is 1.26 bits per heavy atom. The van der Waals surface area contributed by atoms with Crippen molar-refractivity contribution in [1.29, 1.82) is 0 Å². The minimum absolute atomic E-state index is 0.0408. The molecule has 2 unspecified atom stereocenters. The van der Waals surface area contributed by atoms with Crippen LogP contribution in [-0.2, 0) is 16.0 Å². The number of fused-ring (bicyclic) bond motifs is 3. The molecule has 0 bridgehead atoms. The highest BCUT2D eigenvalue weighted by Crippen LogP contribution is 2.38. The fraction of sp³-hybridized carbons (Fsp3) is 0.409. The number of methoxy groups -OCH3 is 1. The number of nitro groups is 1. The Kier molecular flexibility index (Phi) is 6.29. The van der Waals surface area contributed by atoms with E-state index in [2.05, 4.69) is 15.1 Å². The van der Waals surface area contributed by atoms with Crippen molar-refractivity contribution in [2.24, 2.45) is 5.92 Å². The third-order valence-corrected chi connectivity index (χ3v) is 6.29. The molecule has 1 amide bonds. The number of nitrogens with zero attached hydrogens (tertiary/aromatic N) is 3. The highest BCUT2D eigenvalue weighted by molar-refractivity contribution is 6.30. The summed E-state index contributed by atoms with van der Waals surface area (Å²) in [4.78, 5) is 28.5. The molecule has 1 fully saturated rings. The molecule has 0 aromatic heterocycles. The zero-order chi connectivity index (χ0) is 22.0. The van der Waals surface area contributed by atoms with Crippen molar-refractivity contribution in [3.8, 4) is 0 Å². The van der Waals surface area contributed by atoms with Crippen molar-refractivity contribution in [2.75, 3.05) is 49.7 Å². The summed E-state index contributed by atoms with van der Waals surface area (Å²) in [5.74, 6) is -0.372. The number of nitro benzene ring substituents is 1. The fourth-order valence-electron chi connectivity index (χ4n) is 4.52. The minimum Gasteiger partial charge on any atom is -0.383 e. The smallest absolute Gasteiger partial charge is 0.269 e. The average Bonchev–Trinajstić information content (AvgIpc) is 2.78. The highest BCUT2D eigenvalue weighted by atomic mass is 35.5. The number of benzene rings is 2. The van der Waals surface area contributed by atoms with E-state index < -0.39 is 4.92 Å². The van der Waals surface area contributed by atoms with Gasteiger partial charge in [0.15, 0.2) is 0 Å². The van der Waals surface area contributed by atoms with Gasteiger partial charge in [-0.2, -0.15) is 0 Å². The molecule has 4 rings (SSSR count). The van der Waals surface area contributed by atoms with Crippen molar-refractivity contribution in [2.45, 2.75) is 12.5 Å². The van der Waals surface area contributed by atoms with Gasteiger partial charge < -0.3 is 19.9 Å². The normalized spacial score (nSPS) is 20.1. The van der Waals surface area contributed by atoms with E-state index >= 15 is 0 Å². The van der Waals surface area contributed by atoms with Crippen molar-refractivity contribution in [3.63, 3.8) is 0 Å². The molecule has 2 aromatic rings. The van der Waals surface area contributed by atoms with Crippen LogP contribution in [0.25, 0.3) is 0 Å². The quantitative estimate of drug-likeness (QED) is 0.418. The molecule has 2 aliphatic rings. The molecule has 0 aliphatic carbocycles. The lowest BCUT2D eigenvalue weighted by Gasteiger charge is -2.49. The van der Waals surface area contributed by atoms with Crippen molar-refractivity contribution >= 4 is 34.6 Å². The summed E-state index contributed by atoms with van der Waals surface area (Å²) < 4.78 is 5.05. The number of hydrogen-bond donors (Lipinski definition) is 1. The maximum atomic E-state index is 13.1. The van der Waals surface area contributed by atoms with E-state index in [9.17, 15) is 14.9 Å². The van der Waals surface area contributed by atoms with E-state index in [4.69, 9.17) is 16.3 Å². The molecule has 0 radical (unpaired) electrons. The van der Waals surface area contributed by atoms with Crippen molar-refractivity contribution < 1.29 is 14.5 Å². The first-order chi connectivity index (χ1) is 15.0. The van der Waals surface area contributed by atoms with Crippen LogP contribution in [0.15, 0.2) is 42.5 Å². The zero-order valence-corrected chi connectivity index (χ0v) is 18.0. The first kappa shape index (κ1) is 21.4. The van der Waals surface area contributed by atoms with Crippen LogP contribution in [0.3, 0.4) is 0 Å². The van der Waals surface area contributed by atoms with Gasteiger partial charge in [0, 0.05) is 61.8 Å². The Morgan fingerprint density at radius 3 is 2.74 bits per heavy atom. The molecule has 0 saturated carbocycles. The van der Waals surface area contributed by atoms with Gasteiger partial charge in [0.25, 0.3) is 5.69 Å². The predicted molar refractivity (Wildman–Crippen MR) is 120 cm³/mol. The van der Waals surface area contributed by atoms with Gasteiger partial charge in [-0.25, -0.2) is 0 Å². The van der Waals surface area contributed by atoms with Crippen LogP contribution < -0.4 is 15.1 Å². The van der Waals surface area contributed by atoms with Crippen LogP contribution >= 0.6 is 11.6 Å². The van der Waals surface area contributed by atoms with Crippen LogP contribution in [0, 0.1) is 16.0 Å². The Bertz CT molecular complexity index is 968. The minimum atomic E-state index is -0.390. The standard InChI is InChI=1S/C22H25ClN4O4/c1-31-11-8-24-22(28)19-13-15-12-18(27(29)30)6-7-20(15)26-10-9-25(14-21(19)26)17-4-2-16(23)3-5-17/h2-7,12,19,21H,8-11,13-14H2,1H3,(H,24,28). The third kappa shape index (κ3) is 4.45. The second kappa shape index (κ2) is 9.11. The number of carbonyl (C=O) groups excluding carboxylic acids is 1. The molecular formula is C22H25ClN4O4. The predicted octanol–water partition coefficient (Wildman–Crippen LogP) is 2.88. The van der Waals surface area contributed by atoms with Gasteiger partial charge in [-0.3, -0.25) is 14.9 Å². The number of piperazine rings is 1. The molecule has 164 valence electrons. The van der Waals surface area contributed by atoms with E-state index in [0.717, 1.165) is 30.0 Å². The number of halogens is 1. The van der Waals surface area contributed by atoms with E-state index in [1.54, 1.807) is 19.2 Å². The van der Waals surface area contributed by atoms with Gasteiger partial charge in [0.1, 0.15) is 0 Å². The molecule has 1 saturated heterocycles. The molecule has 2 heterocycles. The Balaban J connectivity index is 1.63. The number of ether oxygens (including phenoxy) is 1. The van der Waals surface area contributed by atoms with Crippen LogP contribution in [0.1, 0.15) is 5.56 Å². The van der Waals surface area contributed by atoms with E-state index in [0.29, 0.717) is 31.1 Å². The van der Waals surface area contributed by atoms with E-state index in [-0.39, 0.29) is 23.6 Å². The number of rotatable bonds is 6. The Morgan fingerprint density at radius 2 is 2.03 bits per heavy atom. The molecule has 9 heteroatoms. The molecule has 31 heavy (non-hydrogen) atoms. The Hall–Kier alpha value is -2.84. The second-order valence-electron chi connectivity index (χ2n) is 7.85. The first-order valence-corrected chi connectivity index (χ1v) is 10.7. The van der Waals surface area contributed by atoms with Crippen LogP contribution in [-0.4, -0.2) is 56.8 Å². The molecule has 8 nitrogen and oxygen atoms in total. The summed E-state index contributed by atoms with van der Waals surface area (Å²) in [7, 11) is 1.59. The molecule has 0 spiro atoms. The zero-order valence-electron chi connectivity index (χ0n) is 17.3. The van der Waals surface area contributed by atoms with E-state index in [1.165, 1.54) is 0 Å². The number of hydrogen-bond acceptors (Lipinski definition) is 6. The lowest BCUT2D eigenvalue weighted by atomic mass is 9.83. The average molecular weight is 445 g/mol. The largest absolute Gasteiger partial charge is 0.383 e. The molecule has 2 aliphatic heterocycles. The van der Waals surface area contributed by atoms with Crippen molar-refractivity contribution in [3.05, 3.63) is 63.2 Å². The number of non-ortho nitro benzene ring substituents is 1. The molecule has 2 aromatic carbocycles. The Labute approximate surface area is 185 Å². The third-order valence-electron chi connectivity index (χ3n) is 6.04. The molecule has 2 atom stereocenters. The number of nitrogens with one attached hydrogen (secondary N) is 1. The van der Waals surface area contributed by atoms with Gasteiger partial charge >= 0.3 is 0 Å². The number of anilines is 2. The van der Waals surface area contributed by atoms with Crippen molar-refractivity contribution in [1.82, 2.24) is 5.32 Å². The summed E-state index contributed by atoms with van der Waals surface area (Å²) >= 11 is 6.04. The molecule has 1 N–H and O–H groups in total. The second-order valence-corrected chi connectivity index (χ2v) is 8.28. The summed E-state index contributed by atoms with van der Waals surface area (Å²) in [5.41, 5.74) is 2.94. The monoisotopic (exact) mass is 444 g/mol. The van der Waals surface area contributed by atoms with Gasteiger partial charge in [0.2, 0.25) is 5.91 Å². The maximum absolute atomic E-state index is 13.1.